The van der Waals surface area contributed by atoms with Gasteiger partial charge in [-0.3, -0.25) is 0 Å². The second kappa shape index (κ2) is 4.52. The quantitative estimate of drug-likeness (QED) is 0.723. The van der Waals surface area contributed by atoms with Gasteiger partial charge in [-0.1, -0.05) is 6.92 Å². The van der Waals surface area contributed by atoms with Crippen molar-refractivity contribution >= 4 is 5.82 Å². The summed E-state index contributed by atoms with van der Waals surface area (Å²) in [5.74, 6) is 1.73. The second-order valence-electron chi connectivity index (χ2n) is 4.70. The molecule has 16 heavy (non-hydrogen) atoms. The lowest BCUT2D eigenvalue weighted by molar-refractivity contribution is 0.388. The fraction of sp³-hybridized carbons (Fsp3) is 0.538. The zero-order valence-corrected chi connectivity index (χ0v) is 9.85. The molecule has 3 heteroatoms. The maximum absolute atomic E-state index is 8.73. The normalized spacial score (nSPS) is 25.2. The van der Waals surface area contributed by atoms with Crippen molar-refractivity contribution < 1.29 is 0 Å². The van der Waals surface area contributed by atoms with Crippen LogP contribution in [0.15, 0.2) is 18.3 Å². The van der Waals surface area contributed by atoms with Gasteiger partial charge < -0.3 is 4.90 Å². The molecule has 0 spiro atoms. The molecular formula is C13H17N3. The highest BCUT2D eigenvalue weighted by Crippen LogP contribution is 2.25. The molecule has 0 amide bonds. The summed E-state index contributed by atoms with van der Waals surface area (Å²) in [6.45, 7) is 5.59. The minimum atomic E-state index is 0.552. The minimum absolute atomic E-state index is 0.552. The van der Waals surface area contributed by atoms with E-state index in [9.17, 15) is 0 Å². The van der Waals surface area contributed by atoms with E-state index in [2.05, 4.69) is 29.8 Å². The van der Waals surface area contributed by atoms with E-state index in [1.807, 2.05) is 12.1 Å². The Morgan fingerprint density at radius 3 is 2.81 bits per heavy atom. The maximum Gasteiger partial charge on any atom is 0.128 e. The van der Waals surface area contributed by atoms with Crippen LogP contribution in [-0.2, 0) is 0 Å². The summed E-state index contributed by atoms with van der Waals surface area (Å²) in [5, 5.41) is 8.73. The number of aromatic nitrogens is 1. The molecule has 1 aromatic rings. The van der Waals surface area contributed by atoms with Gasteiger partial charge in [-0.25, -0.2) is 4.98 Å². The third kappa shape index (κ3) is 2.16. The van der Waals surface area contributed by atoms with Crippen molar-refractivity contribution in [3.05, 3.63) is 23.9 Å². The molecule has 1 saturated heterocycles. The fourth-order valence-corrected chi connectivity index (χ4v) is 2.23. The highest BCUT2D eigenvalue weighted by molar-refractivity contribution is 5.43. The van der Waals surface area contributed by atoms with E-state index < -0.39 is 0 Å². The zero-order chi connectivity index (χ0) is 11.5. The van der Waals surface area contributed by atoms with Crippen LogP contribution >= 0.6 is 0 Å². The number of pyridine rings is 1. The molecule has 2 unspecified atom stereocenters. The topological polar surface area (TPSA) is 39.9 Å². The van der Waals surface area contributed by atoms with Gasteiger partial charge in [0, 0.05) is 18.8 Å². The number of nitriles is 1. The Morgan fingerprint density at radius 2 is 2.19 bits per heavy atom. The van der Waals surface area contributed by atoms with Crippen LogP contribution in [0.25, 0.3) is 0 Å². The van der Waals surface area contributed by atoms with Crippen LogP contribution < -0.4 is 4.90 Å². The SMILES string of the molecule is CC1CCC(C)N(c2ccc(C#N)cn2)C1. The van der Waals surface area contributed by atoms with E-state index >= 15 is 0 Å². The molecule has 0 radical (unpaired) electrons. The highest BCUT2D eigenvalue weighted by Gasteiger charge is 2.23. The Balaban J connectivity index is 2.18. The van der Waals surface area contributed by atoms with Crippen molar-refractivity contribution in [3.63, 3.8) is 0 Å². The first-order chi connectivity index (χ1) is 7.70. The third-order valence-corrected chi connectivity index (χ3v) is 3.29. The van der Waals surface area contributed by atoms with Crippen molar-refractivity contribution in [3.8, 4) is 6.07 Å². The molecule has 1 fully saturated rings. The van der Waals surface area contributed by atoms with Crippen LogP contribution in [0.4, 0.5) is 5.82 Å². The van der Waals surface area contributed by atoms with Gasteiger partial charge in [0.1, 0.15) is 11.9 Å². The predicted octanol–water partition coefficient (Wildman–Crippen LogP) is 2.58. The Labute approximate surface area is 96.7 Å². The minimum Gasteiger partial charge on any atom is -0.354 e. The molecular weight excluding hydrogens is 198 g/mol. The van der Waals surface area contributed by atoms with Crippen LogP contribution in [0.3, 0.4) is 0 Å². The van der Waals surface area contributed by atoms with Gasteiger partial charge in [-0.15, -0.1) is 0 Å². The van der Waals surface area contributed by atoms with Crippen molar-refractivity contribution in [2.75, 3.05) is 11.4 Å². The van der Waals surface area contributed by atoms with Crippen LogP contribution in [-0.4, -0.2) is 17.6 Å². The zero-order valence-electron chi connectivity index (χ0n) is 9.85. The first-order valence-corrected chi connectivity index (χ1v) is 5.83. The first-order valence-electron chi connectivity index (χ1n) is 5.83. The number of hydrogen-bond acceptors (Lipinski definition) is 3. The highest BCUT2D eigenvalue weighted by atomic mass is 15.2. The molecule has 0 bridgehead atoms. The fourth-order valence-electron chi connectivity index (χ4n) is 2.23. The summed E-state index contributed by atoms with van der Waals surface area (Å²) in [6.07, 6.45) is 4.18. The lowest BCUT2D eigenvalue weighted by Gasteiger charge is -2.37. The third-order valence-electron chi connectivity index (χ3n) is 3.29. The molecule has 0 aromatic carbocycles. The van der Waals surface area contributed by atoms with E-state index in [1.165, 1.54) is 12.8 Å². The largest absolute Gasteiger partial charge is 0.354 e. The van der Waals surface area contributed by atoms with Crippen molar-refractivity contribution in [2.24, 2.45) is 5.92 Å². The number of nitrogens with zero attached hydrogens (tertiary/aromatic N) is 3. The Kier molecular flexibility index (Phi) is 3.09. The van der Waals surface area contributed by atoms with Crippen LogP contribution in [0, 0.1) is 17.2 Å². The van der Waals surface area contributed by atoms with Gasteiger partial charge in [0.15, 0.2) is 0 Å². The lowest BCUT2D eigenvalue weighted by Crippen LogP contribution is -2.41. The van der Waals surface area contributed by atoms with Crippen LogP contribution in [0.1, 0.15) is 32.3 Å². The van der Waals surface area contributed by atoms with Gasteiger partial charge in [-0.2, -0.15) is 5.26 Å². The lowest BCUT2D eigenvalue weighted by atomic mass is 9.95. The van der Waals surface area contributed by atoms with Crippen LogP contribution in [0.5, 0.6) is 0 Å². The molecule has 2 heterocycles. The van der Waals surface area contributed by atoms with E-state index in [4.69, 9.17) is 5.26 Å². The molecule has 3 nitrogen and oxygen atoms in total. The summed E-state index contributed by atoms with van der Waals surface area (Å²) in [4.78, 5) is 6.70. The average Bonchev–Trinajstić information content (AvgIpc) is 2.32. The van der Waals surface area contributed by atoms with E-state index in [0.717, 1.165) is 18.3 Å². The van der Waals surface area contributed by atoms with Gasteiger partial charge in [-0.05, 0) is 37.8 Å². The number of piperidine rings is 1. The Morgan fingerprint density at radius 1 is 1.38 bits per heavy atom. The molecule has 0 N–H and O–H groups in total. The van der Waals surface area contributed by atoms with Gasteiger partial charge in [0.2, 0.25) is 0 Å². The maximum atomic E-state index is 8.73. The summed E-state index contributed by atoms with van der Waals surface area (Å²) in [7, 11) is 0. The first kappa shape index (κ1) is 10.9. The monoisotopic (exact) mass is 215 g/mol. The molecule has 1 aliphatic rings. The van der Waals surface area contributed by atoms with Gasteiger partial charge in [0.05, 0.1) is 5.56 Å². The molecule has 1 aromatic heterocycles. The van der Waals surface area contributed by atoms with Gasteiger partial charge >= 0.3 is 0 Å². The summed E-state index contributed by atoms with van der Waals surface area (Å²) < 4.78 is 0. The van der Waals surface area contributed by atoms with E-state index in [0.29, 0.717) is 11.6 Å². The molecule has 0 saturated carbocycles. The summed E-state index contributed by atoms with van der Waals surface area (Å²) in [5.41, 5.74) is 0.626. The predicted molar refractivity (Wildman–Crippen MR) is 64.2 cm³/mol. The van der Waals surface area contributed by atoms with E-state index in [-0.39, 0.29) is 0 Å². The average molecular weight is 215 g/mol. The smallest absolute Gasteiger partial charge is 0.128 e. The van der Waals surface area contributed by atoms with Crippen LogP contribution in [0.2, 0.25) is 0 Å². The molecule has 84 valence electrons. The van der Waals surface area contributed by atoms with Gasteiger partial charge in [0.25, 0.3) is 0 Å². The Hall–Kier alpha value is -1.56. The molecule has 2 rings (SSSR count). The molecule has 1 aliphatic heterocycles. The van der Waals surface area contributed by atoms with E-state index in [1.54, 1.807) is 6.20 Å². The molecule has 0 aliphatic carbocycles. The Bertz CT molecular complexity index is 391. The molecule has 2 atom stereocenters. The number of hydrogen-bond donors (Lipinski definition) is 0. The van der Waals surface area contributed by atoms with Crippen molar-refractivity contribution in [1.82, 2.24) is 4.98 Å². The standard InChI is InChI=1S/C13H17N3/c1-10-3-4-11(2)16(9-10)13-6-5-12(7-14)8-15-13/h5-6,8,10-11H,3-4,9H2,1-2H3. The number of rotatable bonds is 1. The summed E-state index contributed by atoms with van der Waals surface area (Å²) >= 11 is 0. The van der Waals surface area contributed by atoms with Crippen molar-refractivity contribution in [2.45, 2.75) is 32.7 Å². The van der Waals surface area contributed by atoms with Crippen molar-refractivity contribution in [1.29, 1.82) is 5.26 Å². The summed E-state index contributed by atoms with van der Waals surface area (Å²) in [6, 6.07) is 6.44. The number of anilines is 1. The second-order valence-corrected chi connectivity index (χ2v) is 4.70.